The van der Waals surface area contributed by atoms with Crippen LogP contribution in [0.3, 0.4) is 0 Å². The maximum Gasteiger partial charge on any atom is 0.274 e. The molecule has 25 heavy (non-hydrogen) atoms. The molecule has 8 heteroatoms. The van der Waals surface area contributed by atoms with Crippen LogP contribution < -0.4 is 5.48 Å². The van der Waals surface area contributed by atoms with E-state index in [1.54, 1.807) is 23.8 Å². The Morgan fingerprint density at radius 2 is 2.12 bits per heavy atom. The van der Waals surface area contributed by atoms with E-state index in [9.17, 15) is 9.59 Å². The number of aryl methyl sites for hydroxylation is 2. The summed E-state index contributed by atoms with van der Waals surface area (Å²) in [6, 6.07) is 5.31. The Bertz CT molecular complexity index is 775. The topological polar surface area (TPSA) is 87.5 Å². The molecule has 1 aliphatic heterocycles. The Morgan fingerprint density at radius 3 is 2.80 bits per heavy atom. The number of imidazole rings is 1. The van der Waals surface area contributed by atoms with E-state index in [-0.39, 0.29) is 18.3 Å². The molecule has 1 aliphatic rings. The molecule has 0 fully saturated rings. The van der Waals surface area contributed by atoms with Gasteiger partial charge in [-0.25, -0.2) is 10.5 Å². The summed E-state index contributed by atoms with van der Waals surface area (Å²) >= 11 is 0. The molecule has 0 bridgehead atoms. The average molecular weight is 365 g/mol. The zero-order valence-corrected chi connectivity index (χ0v) is 14.8. The van der Waals surface area contributed by atoms with Gasteiger partial charge in [-0.3, -0.25) is 14.8 Å². The van der Waals surface area contributed by atoms with Crippen LogP contribution in [0.15, 0.2) is 30.6 Å². The van der Waals surface area contributed by atoms with Gasteiger partial charge in [0.1, 0.15) is 5.82 Å². The van der Waals surface area contributed by atoms with E-state index < -0.39 is 5.91 Å². The zero-order chi connectivity index (χ0) is 17.1. The third-order valence-corrected chi connectivity index (χ3v) is 4.43. The highest BCUT2D eigenvalue weighted by atomic mass is 35.5. The van der Waals surface area contributed by atoms with E-state index >= 15 is 0 Å². The summed E-state index contributed by atoms with van der Waals surface area (Å²) in [4.78, 5) is 30.0. The summed E-state index contributed by atoms with van der Waals surface area (Å²) in [5.74, 6) is 0.439. The van der Waals surface area contributed by atoms with Gasteiger partial charge in [-0.05, 0) is 36.6 Å². The average Bonchev–Trinajstić information content (AvgIpc) is 3.02. The minimum atomic E-state index is -0.545. The van der Waals surface area contributed by atoms with Crippen LogP contribution in [0.25, 0.3) is 0 Å². The van der Waals surface area contributed by atoms with Gasteiger partial charge in [0.2, 0.25) is 5.91 Å². The highest BCUT2D eigenvalue weighted by Crippen LogP contribution is 2.21. The van der Waals surface area contributed by atoms with Gasteiger partial charge in [0.25, 0.3) is 5.91 Å². The molecular formula is C17H21ClN4O3. The summed E-state index contributed by atoms with van der Waals surface area (Å²) < 4.78 is 1.96. The second kappa shape index (κ2) is 8.13. The highest BCUT2D eigenvalue weighted by Gasteiger charge is 2.21. The molecular weight excluding hydrogens is 344 g/mol. The summed E-state index contributed by atoms with van der Waals surface area (Å²) in [7, 11) is 0. The number of nitrogens with zero attached hydrogens (tertiary/aromatic N) is 3. The molecule has 2 N–H and O–H groups in total. The van der Waals surface area contributed by atoms with Gasteiger partial charge in [0, 0.05) is 44.0 Å². The number of carbonyl (C=O) groups excluding carboxylic acids is 2. The monoisotopic (exact) mass is 364 g/mol. The summed E-state index contributed by atoms with van der Waals surface area (Å²) in [6.07, 6.45) is 4.79. The minimum Gasteiger partial charge on any atom is -0.338 e. The van der Waals surface area contributed by atoms with Gasteiger partial charge < -0.3 is 9.47 Å². The predicted molar refractivity (Wildman–Crippen MR) is 93.6 cm³/mol. The Labute approximate surface area is 152 Å². The summed E-state index contributed by atoms with van der Waals surface area (Å²) in [5, 5.41) is 8.74. The van der Waals surface area contributed by atoms with Gasteiger partial charge >= 0.3 is 0 Å². The molecule has 3 rings (SSSR count). The fraction of sp³-hybridized carbons (Fsp3) is 0.353. The lowest BCUT2D eigenvalue weighted by molar-refractivity contribution is -0.132. The van der Waals surface area contributed by atoms with E-state index in [0.29, 0.717) is 31.6 Å². The number of halogens is 1. The van der Waals surface area contributed by atoms with Gasteiger partial charge in [0.05, 0.1) is 0 Å². The van der Waals surface area contributed by atoms with Crippen molar-refractivity contribution in [3.63, 3.8) is 0 Å². The molecule has 1 aromatic carbocycles. The Hall–Kier alpha value is -2.38. The fourth-order valence-corrected chi connectivity index (χ4v) is 2.99. The van der Waals surface area contributed by atoms with Crippen LogP contribution in [0, 0.1) is 6.92 Å². The van der Waals surface area contributed by atoms with Crippen molar-refractivity contribution >= 4 is 24.2 Å². The van der Waals surface area contributed by atoms with Crippen molar-refractivity contribution in [3.8, 4) is 0 Å². The molecule has 1 aromatic heterocycles. The lowest BCUT2D eigenvalue weighted by atomic mass is 9.97. The largest absolute Gasteiger partial charge is 0.338 e. The summed E-state index contributed by atoms with van der Waals surface area (Å²) in [6.45, 7) is 3.69. The minimum absolute atomic E-state index is 0. The van der Waals surface area contributed by atoms with Crippen molar-refractivity contribution in [2.45, 2.75) is 32.9 Å². The van der Waals surface area contributed by atoms with Crippen LogP contribution in [0.1, 0.15) is 33.7 Å². The van der Waals surface area contributed by atoms with Gasteiger partial charge in [-0.1, -0.05) is 6.07 Å². The SMILES string of the molecule is Cc1nccn1CCC(=O)N1CCc2ccc(C(=O)NO)cc2C1.Cl. The first-order valence-electron chi connectivity index (χ1n) is 7.90. The van der Waals surface area contributed by atoms with E-state index in [2.05, 4.69) is 4.98 Å². The van der Waals surface area contributed by atoms with Gasteiger partial charge in [-0.15, -0.1) is 12.4 Å². The molecule has 2 amide bonds. The molecule has 134 valence electrons. The Balaban J connectivity index is 0.00000225. The number of benzene rings is 1. The van der Waals surface area contributed by atoms with E-state index in [0.717, 1.165) is 23.4 Å². The molecule has 0 saturated heterocycles. The second-order valence-corrected chi connectivity index (χ2v) is 5.91. The Morgan fingerprint density at radius 1 is 1.32 bits per heavy atom. The first kappa shape index (κ1) is 19.0. The lowest BCUT2D eigenvalue weighted by Gasteiger charge is -2.29. The van der Waals surface area contributed by atoms with Crippen LogP contribution >= 0.6 is 12.4 Å². The molecule has 2 aromatic rings. The maximum absolute atomic E-state index is 12.5. The first-order valence-corrected chi connectivity index (χ1v) is 7.90. The molecule has 0 spiro atoms. The van der Waals surface area contributed by atoms with Crippen molar-refractivity contribution in [1.82, 2.24) is 19.9 Å². The number of rotatable bonds is 4. The molecule has 7 nitrogen and oxygen atoms in total. The maximum atomic E-state index is 12.5. The number of carbonyl (C=O) groups is 2. The molecule has 0 aliphatic carbocycles. The third-order valence-electron chi connectivity index (χ3n) is 4.43. The van der Waals surface area contributed by atoms with Crippen molar-refractivity contribution in [2.24, 2.45) is 0 Å². The fourth-order valence-electron chi connectivity index (χ4n) is 2.99. The smallest absolute Gasteiger partial charge is 0.274 e. The number of hydrogen-bond acceptors (Lipinski definition) is 4. The van der Waals surface area contributed by atoms with Crippen LogP contribution in [0.2, 0.25) is 0 Å². The molecule has 0 atom stereocenters. The van der Waals surface area contributed by atoms with E-state index in [1.807, 2.05) is 28.7 Å². The van der Waals surface area contributed by atoms with Crippen LogP contribution in [0.5, 0.6) is 0 Å². The molecule has 2 heterocycles. The zero-order valence-electron chi connectivity index (χ0n) is 13.9. The standard InChI is InChI=1S/C17H20N4O3.ClH/c1-12-18-6-9-20(12)8-5-16(22)21-7-4-13-2-3-14(17(23)19-24)10-15(13)11-21;/h2-3,6,9-10,24H,4-5,7-8,11H2,1H3,(H,19,23);1H. The molecule has 0 unspecified atom stereocenters. The van der Waals surface area contributed by atoms with Crippen LogP contribution in [-0.2, 0) is 24.3 Å². The quantitative estimate of drug-likeness (QED) is 0.638. The number of aromatic nitrogens is 2. The van der Waals surface area contributed by atoms with Crippen LogP contribution in [0.4, 0.5) is 0 Å². The highest BCUT2D eigenvalue weighted by molar-refractivity contribution is 5.93. The van der Waals surface area contributed by atoms with E-state index in [1.165, 1.54) is 0 Å². The number of nitrogens with one attached hydrogen (secondary N) is 1. The second-order valence-electron chi connectivity index (χ2n) is 5.91. The first-order chi connectivity index (χ1) is 11.6. The Kier molecular flexibility index (Phi) is 6.17. The van der Waals surface area contributed by atoms with Crippen molar-refractivity contribution in [1.29, 1.82) is 0 Å². The number of amides is 2. The van der Waals surface area contributed by atoms with E-state index in [4.69, 9.17) is 5.21 Å². The van der Waals surface area contributed by atoms with Crippen molar-refractivity contribution in [3.05, 3.63) is 53.1 Å². The predicted octanol–water partition coefficient (Wildman–Crippen LogP) is 1.71. The molecule has 0 saturated carbocycles. The number of fused-ring (bicyclic) bond motifs is 1. The molecule has 0 radical (unpaired) electrons. The van der Waals surface area contributed by atoms with Crippen molar-refractivity contribution < 1.29 is 14.8 Å². The normalized spacial score (nSPS) is 13.0. The van der Waals surface area contributed by atoms with Gasteiger partial charge in [0.15, 0.2) is 0 Å². The summed E-state index contributed by atoms with van der Waals surface area (Å²) in [5.41, 5.74) is 4.11. The van der Waals surface area contributed by atoms with Crippen molar-refractivity contribution in [2.75, 3.05) is 6.54 Å². The number of hydrogen-bond donors (Lipinski definition) is 2. The lowest BCUT2D eigenvalue weighted by Crippen LogP contribution is -2.36. The third kappa shape index (κ3) is 4.18. The van der Waals surface area contributed by atoms with Gasteiger partial charge in [-0.2, -0.15) is 0 Å². The van der Waals surface area contributed by atoms with Crippen LogP contribution in [-0.4, -0.2) is 38.0 Å². The number of hydroxylamine groups is 1.